The quantitative estimate of drug-likeness (QED) is 0.622. The molecule has 0 aliphatic carbocycles. The molecule has 1 atom stereocenters. The van der Waals surface area contributed by atoms with Crippen LogP contribution in [0.1, 0.15) is 40.5 Å². The maximum Gasteiger partial charge on any atom is 0.0585 e. The number of aliphatic hydroxyl groups is 1. The second-order valence-corrected chi connectivity index (χ2v) is 4.39. The average Bonchev–Trinajstić information content (AvgIpc) is 2.02. The van der Waals surface area contributed by atoms with E-state index in [1.54, 1.807) is 0 Å². The van der Waals surface area contributed by atoms with Crippen molar-refractivity contribution in [2.75, 3.05) is 13.2 Å². The first-order valence-corrected chi connectivity index (χ1v) is 5.29. The van der Waals surface area contributed by atoms with Gasteiger partial charge in [0.2, 0.25) is 0 Å². The summed E-state index contributed by atoms with van der Waals surface area (Å²) in [6, 6.07) is 0. The standard InChI is InChI=1S/C11H24O2/c1-9(2)5-7-13-8-6-11(12)10(3)4/h9-12H,5-8H2,1-4H3/t11-/m1/s1. The summed E-state index contributed by atoms with van der Waals surface area (Å²) in [6.07, 6.45) is 1.66. The Morgan fingerprint density at radius 1 is 1.00 bits per heavy atom. The van der Waals surface area contributed by atoms with Crippen LogP contribution in [0, 0.1) is 11.8 Å². The summed E-state index contributed by atoms with van der Waals surface area (Å²) in [6.45, 7) is 9.94. The molecule has 0 aromatic carbocycles. The van der Waals surface area contributed by atoms with Crippen molar-refractivity contribution < 1.29 is 9.84 Å². The Hall–Kier alpha value is -0.0800. The van der Waals surface area contributed by atoms with E-state index in [9.17, 15) is 5.11 Å². The molecule has 0 rings (SSSR count). The molecule has 0 aromatic heterocycles. The molecule has 0 heterocycles. The van der Waals surface area contributed by atoms with E-state index in [0.29, 0.717) is 18.4 Å². The van der Waals surface area contributed by atoms with Gasteiger partial charge < -0.3 is 9.84 Å². The fraction of sp³-hybridized carbons (Fsp3) is 1.00. The first kappa shape index (κ1) is 12.9. The molecule has 0 saturated carbocycles. The van der Waals surface area contributed by atoms with Gasteiger partial charge in [-0.2, -0.15) is 0 Å². The van der Waals surface area contributed by atoms with Crippen molar-refractivity contribution in [3.63, 3.8) is 0 Å². The maximum absolute atomic E-state index is 9.45. The second-order valence-electron chi connectivity index (χ2n) is 4.39. The van der Waals surface area contributed by atoms with Gasteiger partial charge in [-0.05, 0) is 24.7 Å². The minimum Gasteiger partial charge on any atom is -0.393 e. The summed E-state index contributed by atoms with van der Waals surface area (Å²) in [4.78, 5) is 0. The molecule has 0 unspecified atom stereocenters. The van der Waals surface area contributed by atoms with E-state index < -0.39 is 0 Å². The third-order valence-corrected chi connectivity index (χ3v) is 2.17. The molecule has 0 aliphatic rings. The number of hydrogen-bond acceptors (Lipinski definition) is 2. The van der Waals surface area contributed by atoms with E-state index in [1.807, 2.05) is 13.8 Å². The number of rotatable bonds is 7. The van der Waals surface area contributed by atoms with E-state index in [1.165, 1.54) is 0 Å². The van der Waals surface area contributed by atoms with Crippen molar-refractivity contribution in [3.05, 3.63) is 0 Å². The Bertz CT molecular complexity index is 111. The summed E-state index contributed by atoms with van der Waals surface area (Å²) >= 11 is 0. The van der Waals surface area contributed by atoms with Crippen LogP contribution in [0.25, 0.3) is 0 Å². The number of hydrogen-bond donors (Lipinski definition) is 1. The molecule has 0 aliphatic heterocycles. The summed E-state index contributed by atoms with van der Waals surface area (Å²) in [5.41, 5.74) is 0. The molecule has 0 amide bonds. The van der Waals surface area contributed by atoms with Crippen LogP contribution in [0.15, 0.2) is 0 Å². The SMILES string of the molecule is CC(C)CCOCC[C@@H](O)C(C)C. The van der Waals surface area contributed by atoms with Gasteiger partial charge in [0.15, 0.2) is 0 Å². The maximum atomic E-state index is 9.45. The third kappa shape index (κ3) is 8.26. The highest BCUT2D eigenvalue weighted by Crippen LogP contribution is 2.06. The van der Waals surface area contributed by atoms with Crippen molar-refractivity contribution in [2.45, 2.75) is 46.6 Å². The summed E-state index contributed by atoms with van der Waals surface area (Å²) in [5, 5.41) is 9.45. The summed E-state index contributed by atoms with van der Waals surface area (Å²) in [7, 11) is 0. The van der Waals surface area contributed by atoms with E-state index in [-0.39, 0.29) is 6.10 Å². The lowest BCUT2D eigenvalue weighted by Gasteiger charge is -2.14. The lowest BCUT2D eigenvalue weighted by atomic mass is 10.1. The Labute approximate surface area is 82.3 Å². The van der Waals surface area contributed by atoms with Crippen molar-refractivity contribution >= 4 is 0 Å². The van der Waals surface area contributed by atoms with Gasteiger partial charge in [-0.25, -0.2) is 0 Å². The topological polar surface area (TPSA) is 29.5 Å². The molecule has 0 fully saturated rings. The zero-order valence-electron chi connectivity index (χ0n) is 9.42. The van der Waals surface area contributed by atoms with Crippen LogP contribution < -0.4 is 0 Å². The van der Waals surface area contributed by atoms with Gasteiger partial charge in [-0.3, -0.25) is 0 Å². The zero-order valence-corrected chi connectivity index (χ0v) is 9.42. The average molecular weight is 188 g/mol. The molecule has 80 valence electrons. The van der Waals surface area contributed by atoms with Crippen LogP contribution >= 0.6 is 0 Å². The van der Waals surface area contributed by atoms with Gasteiger partial charge in [0.1, 0.15) is 0 Å². The van der Waals surface area contributed by atoms with Gasteiger partial charge in [0, 0.05) is 13.2 Å². The molecule has 0 saturated heterocycles. The molecule has 0 spiro atoms. The van der Waals surface area contributed by atoms with Crippen molar-refractivity contribution in [1.82, 2.24) is 0 Å². The van der Waals surface area contributed by atoms with E-state index in [4.69, 9.17) is 4.74 Å². The third-order valence-electron chi connectivity index (χ3n) is 2.17. The van der Waals surface area contributed by atoms with E-state index in [2.05, 4.69) is 13.8 Å². The Morgan fingerprint density at radius 2 is 1.54 bits per heavy atom. The van der Waals surface area contributed by atoms with Gasteiger partial charge in [-0.1, -0.05) is 27.7 Å². The van der Waals surface area contributed by atoms with Crippen molar-refractivity contribution in [2.24, 2.45) is 11.8 Å². The summed E-state index contributed by atoms with van der Waals surface area (Å²) in [5.74, 6) is 1.05. The van der Waals surface area contributed by atoms with Crippen molar-refractivity contribution in [1.29, 1.82) is 0 Å². The first-order chi connectivity index (χ1) is 6.04. The Morgan fingerprint density at radius 3 is 2.00 bits per heavy atom. The molecular weight excluding hydrogens is 164 g/mol. The molecule has 2 nitrogen and oxygen atoms in total. The van der Waals surface area contributed by atoms with Crippen LogP contribution in [-0.4, -0.2) is 24.4 Å². The highest BCUT2D eigenvalue weighted by Gasteiger charge is 2.07. The van der Waals surface area contributed by atoms with Crippen LogP contribution in [0.3, 0.4) is 0 Å². The monoisotopic (exact) mass is 188 g/mol. The lowest BCUT2D eigenvalue weighted by Crippen LogP contribution is -2.17. The van der Waals surface area contributed by atoms with E-state index in [0.717, 1.165) is 19.4 Å². The van der Waals surface area contributed by atoms with Crippen LogP contribution in [0.2, 0.25) is 0 Å². The van der Waals surface area contributed by atoms with Gasteiger partial charge in [-0.15, -0.1) is 0 Å². The number of ether oxygens (including phenoxy) is 1. The predicted octanol–water partition coefficient (Wildman–Crippen LogP) is 2.46. The lowest BCUT2D eigenvalue weighted by molar-refractivity contribution is 0.0564. The smallest absolute Gasteiger partial charge is 0.0585 e. The van der Waals surface area contributed by atoms with Gasteiger partial charge >= 0.3 is 0 Å². The fourth-order valence-corrected chi connectivity index (χ4v) is 0.959. The van der Waals surface area contributed by atoms with Crippen molar-refractivity contribution in [3.8, 4) is 0 Å². The minimum atomic E-state index is -0.209. The van der Waals surface area contributed by atoms with Crippen LogP contribution in [0.5, 0.6) is 0 Å². The predicted molar refractivity (Wildman–Crippen MR) is 55.7 cm³/mol. The molecule has 0 aromatic rings. The number of aliphatic hydroxyl groups excluding tert-OH is 1. The van der Waals surface area contributed by atoms with Gasteiger partial charge in [0.25, 0.3) is 0 Å². The molecule has 2 heteroatoms. The molecule has 0 radical (unpaired) electrons. The van der Waals surface area contributed by atoms with E-state index >= 15 is 0 Å². The summed E-state index contributed by atoms with van der Waals surface area (Å²) < 4.78 is 5.41. The fourth-order valence-electron chi connectivity index (χ4n) is 0.959. The molecule has 1 N–H and O–H groups in total. The molecular formula is C11H24O2. The second kappa shape index (κ2) is 7.34. The van der Waals surface area contributed by atoms with Gasteiger partial charge in [0.05, 0.1) is 6.10 Å². The largest absolute Gasteiger partial charge is 0.393 e. The Kier molecular flexibility index (Phi) is 7.29. The molecule has 0 bridgehead atoms. The minimum absolute atomic E-state index is 0.209. The van der Waals surface area contributed by atoms with Crippen LogP contribution in [-0.2, 0) is 4.74 Å². The Balaban J connectivity index is 3.16. The van der Waals surface area contributed by atoms with Crippen LogP contribution in [0.4, 0.5) is 0 Å². The normalized spacial score (nSPS) is 14.1. The zero-order chi connectivity index (χ0) is 10.3. The molecule has 13 heavy (non-hydrogen) atoms. The first-order valence-electron chi connectivity index (χ1n) is 5.29. The highest BCUT2D eigenvalue weighted by molar-refractivity contribution is 4.58. The highest BCUT2D eigenvalue weighted by atomic mass is 16.5.